The van der Waals surface area contributed by atoms with Gasteiger partial charge < -0.3 is 5.32 Å². The molecule has 1 saturated heterocycles. The molecule has 3 nitrogen and oxygen atoms in total. The van der Waals surface area contributed by atoms with Crippen LogP contribution in [0.25, 0.3) is 0 Å². The smallest absolute Gasteiger partial charge is 0.0992 e. The Hall–Kier alpha value is -1.08. The van der Waals surface area contributed by atoms with E-state index in [0.29, 0.717) is 10.6 Å². The summed E-state index contributed by atoms with van der Waals surface area (Å²) in [5.74, 6) is 0.857. The van der Waals surface area contributed by atoms with Crippen molar-refractivity contribution in [2.75, 3.05) is 26.7 Å². The van der Waals surface area contributed by atoms with Gasteiger partial charge in [0.1, 0.15) is 0 Å². The van der Waals surface area contributed by atoms with Crippen LogP contribution < -0.4 is 5.32 Å². The van der Waals surface area contributed by atoms with Crippen molar-refractivity contribution >= 4 is 11.6 Å². The number of halogens is 1. The summed E-state index contributed by atoms with van der Waals surface area (Å²) in [5, 5.41) is 12.8. The highest BCUT2D eigenvalue weighted by Crippen LogP contribution is 2.24. The van der Waals surface area contributed by atoms with Crippen molar-refractivity contribution in [3.63, 3.8) is 0 Å². The Bertz CT molecular complexity index is 473. The summed E-state index contributed by atoms with van der Waals surface area (Å²) in [6, 6.07) is 7.71. The van der Waals surface area contributed by atoms with Crippen LogP contribution in [0.15, 0.2) is 18.2 Å². The van der Waals surface area contributed by atoms with Gasteiger partial charge in [-0.25, -0.2) is 0 Å². The second kappa shape index (κ2) is 7.64. The summed E-state index contributed by atoms with van der Waals surface area (Å²) < 4.78 is 0. The van der Waals surface area contributed by atoms with Crippen LogP contribution in [-0.2, 0) is 6.54 Å². The predicted molar refractivity (Wildman–Crippen MR) is 82.7 cm³/mol. The van der Waals surface area contributed by atoms with Gasteiger partial charge in [0, 0.05) is 11.6 Å². The first-order chi connectivity index (χ1) is 9.72. The number of hydrogen-bond acceptors (Lipinski definition) is 3. The zero-order valence-electron chi connectivity index (χ0n) is 12.0. The number of nitriles is 1. The first-order valence-corrected chi connectivity index (χ1v) is 7.66. The third-order valence-corrected chi connectivity index (χ3v) is 4.44. The largest absolute Gasteiger partial charge is 0.320 e. The van der Waals surface area contributed by atoms with Crippen molar-refractivity contribution in [2.45, 2.75) is 25.8 Å². The van der Waals surface area contributed by atoms with E-state index >= 15 is 0 Å². The molecule has 0 radical (unpaired) electrons. The number of nitrogens with one attached hydrogen (secondary N) is 1. The molecule has 1 aliphatic rings. The van der Waals surface area contributed by atoms with E-state index in [4.69, 9.17) is 16.9 Å². The number of nitrogens with zero attached hydrogens (tertiary/aromatic N) is 2. The fraction of sp³-hybridized carbons (Fsp3) is 0.562. The van der Waals surface area contributed by atoms with Gasteiger partial charge >= 0.3 is 0 Å². The maximum atomic E-state index is 8.85. The van der Waals surface area contributed by atoms with E-state index in [9.17, 15) is 0 Å². The summed E-state index contributed by atoms with van der Waals surface area (Å²) in [7, 11) is 2.02. The molecule has 2 rings (SSSR count). The van der Waals surface area contributed by atoms with Gasteiger partial charge in [-0.05, 0) is 69.6 Å². The number of rotatable bonds is 5. The Morgan fingerprint density at radius 2 is 2.15 bits per heavy atom. The van der Waals surface area contributed by atoms with Crippen molar-refractivity contribution < 1.29 is 0 Å². The Morgan fingerprint density at radius 3 is 2.75 bits per heavy atom. The van der Waals surface area contributed by atoms with Gasteiger partial charge in [-0.15, -0.1) is 0 Å². The minimum absolute atomic E-state index is 0.629. The SMILES string of the molecule is CNCCC1CCN(Cc2ccc(C#N)cc2Cl)CC1. The lowest BCUT2D eigenvalue weighted by Crippen LogP contribution is -2.34. The van der Waals surface area contributed by atoms with E-state index in [-0.39, 0.29) is 0 Å². The van der Waals surface area contributed by atoms with E-state index in [0.717, 1.165) is 37.7 Å². The van der Waals surface area contributed by atoms with Crippen LogP contribution in [0.3, 0.4) is 0 Å². The average molecular weight is 292 g/mol. The van der Waals surface area contributed by atoms with Crippen LogP contribution in [0.2, 0.25) is 5.02 Å². The molecule has 4 heteroatoms. The third-order valence-electron chi connectivity index (χ3n) is 4.09. The van der Waals surface area contributed by atoms with E-state index in [1.165, 1.54) is 19.3 Å². The lowest BCUT2D eigenvalue weighted by molar-refractivity contribution is 0.172. The van der Waals surface area contributed by atoms with Crippen LogP contribution in [0.1, 0.15) is 30.4 Å². The molecule has 0 atom stereocenters. The lowest BCUT2D eigenvalue weighted by Gasteiger charge is -2.32. The second-order valence-electron chi connectivity index (χ2n) is 5.53. The molecule has 20 heavy (non-hydrogen) atoms. The van der Waals surface area contributed by atoms with Gasteiger partial charge in [-0.3, -0.25) is 4.90 Å². The molecular weight excluding hydrogens is 270 g/mol. The molecule has 0 spiro atoms. The van der Waals surface area contributed by atoms with Gasteiger partial charge in [0.05, 0.1) is 11.6 Å². The number of hydrogen-bond donors (Lipinski definition) is 1. The average Bonchev–Trinajstić information content (AvgIpc) is 2.48. The molecule has 0 bridgehead atoms. The van der Waals surface area contributed by atoms with Gasteiger partial charge in [-0.2, -0.15) is 5.26 Å². The number of benzene rings is 1. The van der Waals surface area contributed by atoms with E-state index in [1.807, 2.05) is 19.2 Å². The van der Waals surface area contributed by atoms with Crippen LogP contribution >= 0.6 is 11.6 Å². The summed E-state index contributed by atoms with van der Waals surface area (Å²) in [4.78, 5) is 2.46. The van der Waals surface area contributed by atoms with Crippen LogP contribution in [0, 0.1) is 17.2 Å². The Balaban J connectivity index is 1.85. The molecule has 1 N–H and O–H groups in total. The Morgan fingerprint density at radius 1 is 1.40 bits per heavy atom. The van der Waals surface area contributed by atoms with Gasteiger partial charge in [0.2, 0.25) is 0 Å². The summed E-state index contributed by atoms with van der Waals surface area (Å²) in [6.07, 6.45) is 3.83. The maximum Gasteiger partial charge on any atom is 0.0992 e. The van der Waals surface area contributed by atoms with Crippen molar-refractivity contribution in [1.82, 2.24) is 10.2 Å². The molecule has 0 unspecified atom stereocenters. The number of likely N-dealkylation sites (tertiary alicyclic amines) is 1. The molecule has 0 aliphatic carbocycles. The summed E-state index contributed by atoms with van der Waals surface area (Å²) in [5.41, 5.74) is 1.75. The van der Waals surface area contributed by atoms with Crippen molar-refractivity contribution in [2.24, 2.45) is 5.92 Å². The minimum Gasteiger partial charge on any atom is -0.320 e. The molecule has 0 amide bonds. The first-order valence-electron chi connectivity index (χ1n) is 7.28. The zero-order valence-corrected chi connectivity index (χ0v) is 12.8. The minimum atomic E-state index is 0.629. The molecule has 0 saturated carbocycles. The highest BCUT2D eigenvalue weighted by atomic mass is 35.5. The highest BCUT2D eigenvalue weighted by molar-refractivity contribution is 6.31. The molecule has 1 aromatic carbocycles. The van der Waals surface area contributed by atoms with E-state index in [2.05, 4.69) is 16.3 Å². The van der Waals surface area contributed by atoms with Crippen molar-refractivity contribution in [3.05, 3.63) is 34.3 Å². The fourth-order valence-electron chi connectivity index (χ4n) is 2.77. The van der Waals surface area contributed by atoms with Crippen molar-refractivity contribution in [1.29, 1.82) is 5.26 Å². The summed E-state index contributed by atoms with van der Waals surface area (Å²) in [6.45, 7) is 4.30. The third kappa shape index (κ3) is 4.21. The van der Waals surface area contributed by atoms with E-state index < -0.39 is 0 Å². The molecule has 1 aliphatic heterocycles. The second-order valence-corrected chi connectivity index (χ2v) is 5.94. The molecule has 0 aromatic heterocycles. The van der Waals surface area contributed by atoms with E-state index in [1.54, 1.807) is 6.07 Å². The molecule has 108 valence electrons. The maximum absolute atomic E-state index is 8.85. The van der Waals surface area contributed by atoms with Gasteiger partial charge in [0.15, 0.2) is 0 Å². The standard InChI is InChI=1S/C16H22ClN3/c1-19-7-4-13-5-8-20(9-6-13)12-15-3-2-14(11-18)10-16(15)17/h2-3,10,13,19H,4-9,12H2,1H3. The normalized spacial score (nSPS) is 17.1. The monoisotopic (exact) mass is 291 g/mol. The first kappa shape index (κ1) is 15.3. The highest BCUT2D eigenvalue weighted by Gasteiger charge is 2.19. The Kier molecular flexibility index (Phi) is 5.85. The predicted octanol–water partition coefficient (Wildman–Crippen LogP) is 3.03. The Labute approximate surface area is 126 Å². The zero-order chi connectivity index (χ0) is 14.4. The van der Waals surface area contributed by atoms with Crippen LogP contribution in [0.5, 0.6) is 0 Å². The van der Waals surface area contributed by atoms with Crippen LogP contribution in [-0.4, -0.2) is 31.6 Å². The molecule has 1 heterocycles. The van der Waals surface area contributed by atoms with Crippen LogP contribution in [0.4, 0.5) is 0 Å². The molecule has 1 aromatic rings. The molecule has 1 fully saturated rings. The quantitative estimate of drug-likeness (QED) is 0.906. The number of piperidine rings is 1. The summed E-state index contributed by atoms with van der Waals surface area (Å²) >= 11 is 6.24. The van der Waals surface area contributed by atoms with Crippen molar-refractivity contribution in [3.8, 4) is 6.07 Å². The fourth-order valence-corrected chi connectivity index (χ4v) is 3.01. The molecular formula is C16H22ClN3. The van der Waals surface area contributed by atoms with Gasteiger partial charge in [0.25, 0.3) is 0 Å². The van der Waals surface area contributed by atoms with Gasteiger partial charge in [-0.1, -0.05) is 17.7 Å². The lowest BCUT2D eigenvalue weighted by atomic mass is 9.93. The topological polar surface area (TPSA) is 39.1 Å².